The van der Waals surface area contributed by atoms with E-state index in [4.69, 9.17) is 12.2 Å². The number of hydrogen-bond donors (Lipinski definition) is 2. The molecule has 2 N–H and O–H groups in total. The number of halogens is 3. The van der Waals surface area contributed by atoms with E-state index < -0.39 is 12.0 Å². The number of phenols is 1. The lowest BCUT2D eigenvalue weighted by molar-refractivity contribution is -0.147. The quantitative estimate of drug-likeness (QED) is 0.553. The second-order valence-corrected chi connectivity index (χ2v) is 5.01. The maximum Gasteiger partial charge on any atom is 0.453 e. The third-order valence-electron chi connectivity index (χ3n) is 3.15. The monoisotopic (exact) mass is 338 g/mol. The Hall–Kier alpha value is -2.68. The summed E-state index contributed by atoms with van der Waals surface area (Å²) in [4.78, 5) is 0. The van der Waals surface area contributed by atoms with E-state index in [1.807, 2.05) is 12.1 Å². The highest BCUT2D eigenvalue weighted by molar-refractivity contribution is 7.71. The molecular formula is C14H9F3N4OS. The summed E-state index contributed by atoms with van der Waals surface area (Å²) in [5, 5.41) is 20.3. The molecule has 0 fully saturated rings. The van der Waals surface area contributed by atoms with Gasteiger partial charge in [-0.2, -0.15) is 22.9 Å². The Kier molecular flexibility index (Phi) is 3.64. The van der Waals surface area contributed by atoms with E-state index in [0.29, 0.717) is 15.6 Å². The molecule has 0 saturated heterocycles. The van der Waals surface area contributed by atoms with Crippen LogP contribution in [0.2, 0.25) is 0 Å². The molecule has 1 aromatic heterocycles. The molecule has 0 atom stereocenters. The average Bonchev–Trinajstić information content (AvgIpc) is 2.87. The Labute approximate surface area is 132 Å². The van der Waals surface area contributed by atoms with E-state index in [1.54, 1.807) is 18.2 Å². The number of alkyl halides is 3. The van der Waals surface area contributed by atoms with Gasteiger partial charge in [-0.3, -0.25) is 0 Å². The molecule has 0 aliphatic carbocycles. The average molecular weight is 338 g/mol. The van der Waals surface area contributed by atoms with Crippen molar-refractivity contribution in [2.45, 2.75) is 6.18 Å². The van der Waals surface area contributed by atoms with Crippen molar-refractivity contribution in [3.63, 3.8) is 0 Å². The van der Waals surface area contributed by atoms with Crippen molar-refractivity contribution < 1.29 is 18.3 Å². The zero-order valence-corrected chi connectivity index (χ0v) is 12.2. The summed E-state index contributed by atoms with van der Waals surface area (Å²) in [5.74, 6) is -1.37. The van der Waals surface area contributed by atoms with Gasteiger partial charge in [0.05, 0.1) is 6.21 Å². The van der Waals surface area contributed by atoms with E-state index in [1.165, 1.54) is 6.07 Å². The number of nitrogens with zero attached hydrogens (tertiary/aromatic N) is 3. The topological polar surface area (TPSA) is 66.2 Å². The number of rotatable bonds is 2. The number of H-pyrrole nitrogens is 1. The van der Waals surface area contributed by atoms with E-state index >= 15 is 0 Å². The number of aromatic amines is 1. The van der Waals surface area contributed by atoms with Gasteiger partial charge in [-0.05, 0) is 29.1 Å². The van der Waals surface area contributed by atoms with Crippen LogP contribution in [0.1, 0.15) is 11.4 Å². The fourth-order valence-corrected chi connectivity index (χ4v) is 2.30. The lowest BCUT2D eigenvalue weighted by Gasteiger charge is -2.06. The van der Waals surface area contributed by atoms with Crippen LogP contribution < -0.4 is 0 Å². The second-order valence-electron chi connectivity index (χ2n) is 4.63. The number of fused-ring (bicyclic) bond motifs is 1. The highest BCUT2D eigenvalue weighted by atomic mass is 32.1. The molecule has 118 valence electrons. The van der Waals surface area contributed by atoms with Crippen LogP contribution in [0.15, 0.2) is 41.5 Å². The van der Waals surface area contributed by atoms with Crippen LogP contribution in [0, 0.1) is 4.77 Å². The minimum atomic E-state index is -4.70. The molecule has 2 aromatic carbocycles. The smallest absolute Gasteiger partial charge is 0.453 e. The number of benzene rings is 2. The summed E-state index contributed by atoms with van der Waals surface area (Å²) in [7, 11) is 0. The second kappa shape index (κ2) is 5.51. The van der Waals surface area contributed by atoms with Crippen molar-refractivity contribution in [1.82, 2.24) is 14.9 Å². The minimum Gasteiger partial charge on any atom is -0.507 e. The fraction of sp³-hybridized carbons (Fsp3) is 0.0714. The first-order valence-electron chi connectivity index (χ1n) is 6.37. The van der Waals surface area contributed by atoms with Crippen LogP contribution in [0.4, 0.5) is 13.2 Å². The van der Waals surface area contributed by atoms with Crippen molar-refractivity contribution in [2.75, 3.05) is 0 Å². The van der Waals surface area contributed by atoms with Gasteiger partial charge in [0.1, 0.15) is 5.75 Å². The maximum atomic E-state index is 12.8. The van der Waals surface area contributed by atoms with Crippen molar-refractivity contribution in [3.05, 3.63) is 52.6 Å². The van der Waals surface area contributed by atoms with Gasteiger partial charge in [0.25, 0.3) is 5.82 Å². The molecule has 23 heavy (non-hydrogen) atoms. The van der Waals surface area contributed by atoms with Gasteiger partial charge in [-0.25, -0.2) is 5.10 Å². The SMILES string of the molecule is Oc1ccc2ccccc2c1/C=N/n1c(C(F)(F)F)n[nH]c1=S. The lowest BCUT2D eigenvalue weighted by atomic mass is 10.0. The lowest BCUT2D eigenvalue weighted by Crippen LogP contribution is -2.12. The van der Waals surface area contributed by atoms with Crippen molar-refractivity contribution in [1.29, 1.82) is 0 Å². The van der Waals surface area contributed by atoms with Gasteiger partial charge in [-0.15, -0.1) is 5.10 Å². The third kappa shape index (κ3) is 2.82. The van der Waals surface area contributed by atoms with Crippen LogP contribution in [0.5, 0.6) is 5.75 Å². The summed E-state index contributed by atoms with van der Waals surface area (Å²) in [5.41, 5.74) is 0.291. The van der Waals surface area contributed by atoms with Crippen LogP contribution >= 0.6 is 12.2 Å². The molecular weight excluding hydrogens is 329 g/mol. The Morgan fingerprint density at radius 3 is 2.70 bits per heavy atom. The van der Waals surface area contributed by atoms with Crippen LogP contribution in [0.3, 0.4) is 0 Å². The van der Waals surface area contributed by atoms with Gasteiger partial charge in [-0.1, -0.05) is 30.3 Å². The first-order valence-corrected chi connectivity index (χ1v) is 6.78. The molecule has 0 unspecified atom stereocenters. The first kappa shape index (κ1) is 15.2. The Morgan fingerprint density at radius 1 is 1.22 bits per heavy atom. The van der Waals surface area contributed by atoms with E-state index in [9.17, 15) is 18.3 Å². The Balaban J connectivity index is 2.14. The largest absolute Gasteiger partial charge is 0.507 e. The summed E-state index contributed by atoms with van der Waals surface area (Å²) >= 11 is 4.75. The van der Waals surface area contributed by atoms with Gasteiger partial charge < -0.3 is 5.11 Å². The summed E-state index contributed by atoms with van der Waals surface area (Å²) in [6.07, 6.45) is -3.58. The van der Waals surface area contributed by atoms with E-state index in [0.717, 1.165) is 11.6 Å². The van der Waals surface area contributed by atoms with Gasteiger partial charge in [0.2, 0.25) is 4.77 Å². The predicted molar refractivity (Wildman–Crippen MR) is 81.0 cm³/mol. The van der Waals surface area contributed by atoms with Crippen molar-refractivity contribution in [3.8, 4) is 5.75 Å². The third-order valence-corrected chi connectivity index (χ3v) is 3.42. The van der Waals surface area contributed by atoms with E-state index in [2.05, 4.69) is 15.3 Å². The summed E-state index contributed by atoms with van der Waals surface area (Å²) in [6, 6.07) is 10.3. The standard InChI is InChI=1S/C14H9F3N4OS/c15-14(16,17)12-19-20-13(23)21(12)18-7-10-9-4-2-1-3-8(9)5-6-11(10)22/h1-7,22H,(H,20,23)/b18-7+. The molecule has 0 amide bonds. The molecule has 0 aliphatic heterocycles. The first-order chi connectivity index (χ1) is 10.9. The van der Waals surface area contributed by atoms with Crippen LogP contribution in [0.25, 0.3) is 10.8 Å². The highest BCUT2D eigenvalue weighted by Gasteiger charge is 2.37. The minimum absolute atomic E-state index is 0.101. The molecule has 0 radical (unpaired) electrons. The normalized spacial score (nSPS) is 12.3. The molecule has 3 aromatic rings. The molecule has 0 saturated carbocycles. The number of hydrogen-bond acceptors (Lipinski definition) is 4. The molecule has 5 nitrogen and oxygen atoms in total. The van der Waals surface area contributed by atoms with Crippen molar-refractivity contribution >= 4 is 29.2 Å². The molecule has 0 spiro atoms. The van der Waals surface area contributed by atoms with Gasteiger partial charge in [0.15, 0.2) is 0 Å². The number of aromatic hydroxyl groups is 1. The zero-order chi connectivity index (χ0) is 16.6. The number of aromatic nitrogens is 3. The van der Waals surface area contributed by atoms with Gasteiger partial charge in [0, 0.05) is 5.56 Å². The number of phenolic OH excluding ortho intramolecular Hbond substituents is 1. The van der Waals surface area contributed by atoms with E-state index in [-0.39, 0.29) is 10.5 Å². The Morgan fingerprint density at radius 2 is 1.96 bits per heavy atom. The Bertz CT molecular complexity index is 959. The van der Waals surface area contributed by atoms with Crippen LogP contribution in [-0.4, -0.2) is 26.2 Å². The highest BCUT2D eigenvalue weighted by Crippen LogP contribution is 2.28. The van der Waals surface area contributed by atoms with Gasteiger partial charge >= 0.3 is 6.18 Å². The molecule has 1 heterocycles. The van der Waals surface area contributed by atoms with Crippen molar-refractivity contribution in [2.24, 2.45) is 5.10 Å². The summed E-state index contributed by atoms with van der Waals surface area (Å²) in [6.45, 7) is 0. The molecule has 0 bridgehead atoms. The molecule has 0 aliphatic rings. The zero-order valence-electron chi connectivity index (χ0n) is 11.4. The number of nitrogens with one attached hydrogen (secondary N) is 1. The molecule has 9 heteroatoms. The summed E-state index contributed by atoms with van der Waals surface area (Å²) < 4.78 is 38.7. The molecule has 3 rings (SSSR count). The maximum absolute atomic E-state index is 12.8. The fourth-order valence-electron chi connectivity index (χ4n) is 2.12. The van der Waals surface area contributed by atoms with Crippen LogP contribution in [-0.2, 0) is 6.18 Å². The predicted octanol–water partition coefficient (Wildman–Crippen LogP) is 3.70.